The van der Waals surface area contributed by atoms with Crippen molar-refractivity contribution in [2.45, 2.75) is 179 Å². The fourth-order valence-corrected chi connectivity index (χ4v) is 13.6. The highest BCUT2D eigenvalue weighted by atomic mass is 16.5. The molecule has 0 saturated carbocycles. The predicted octanol–water partition coefficient (Wildman–Crippen LogP) is 4.79. The topological polar surface area (TPSA) is 412 Å². The standard InChI is InChI=1S/C80H98N16O14/c1-45(82-9)69(97)89-67(79(3,4)5)75(103)94-40-55-37-65(94)73(101)85-61(35-49-19-25-51-15-11-13-17-53(51)31-49)71(99)87-63(77(105)106)34-48-23-29-60(30-24-48)110-44-57-41-96(93-92-57)58-38-66(95(42-58)76(104)68(80(6,7)8)90-70(98)46(2)83-10)74(102)86-62(36-50-20-26-52-16-12-14-18-54(52)32-50)72(100)88-64(78(107)108)33-47-21-27-59(28-22-47)109-43-56(91-81)39-84-55/h11-32,39,41,45-46,55-56,58,61-68,81-83H,33-38,40,42-44H2,1-10H3,(H,85,101)(H,86,102)(H,87,99)(H,88,100)(H,89,97)(H,90,98)(H,105,106)(H,107,108). The first kappa shape index (κ1) is 81.0. The summed E-state index contributed by atoms with van der Waals surface area (Å²) < 4.78 is 13.8. The van der Waals surface area contributed by atoms with E-state index in [1.54, 1.807) is 136 Å². The van der Waals surface area contributed by atoms with Gasteiger partial charge in [-0.25, -0.2) is 19.8 Å². The number of aliphatic carboxylic acids is 2. The van der Waals surface area contributed by atoms with Crippen LogP contribution in [0, 0.1) is 16.4 Å². The monoisotopic (exact) mass is 1510 g/mol. The summed E-state index contributed by atoms with van der Waals surface area (Å²) in [6.45, 7) is 13.3. The molecule has 2 saturated heterocycles. The average Bonchev–Trinajstić information content (AvgIpc) is 1.63. The maximum Gasteiger partial charge on any atom is 0.326 e. The molecule has 1 aromatic heterocycles. The van der Waals surface area contributed by atoms with Gasteiger partial charge < -0.3 is 72.0 Å². The molecule has 582 valence electrons. The van der Waals surface area contributed by atoms with Gasteiger partial charge in [0, 0.05) is 57.8 Å². The number of ether oxygens (including phenoxy) is 2. The van der Waals surface area contributed by atoms with Crippen molar-refractivity contribution in [3.8, 4) is 11.5 Å². The number of fused-ring (bicyclic) bond motifs is 2. The molecule has 7 heterocycles. The second-order valence-electron chi connectivity index (χ2n) is 30.6. The molecule has 0 radical (unpaired) electrons. The van der Waals surface area contributed by atoms with Crippen molar-refractivity contribution in [3.63, 3.8) is 0 Å². The second-order valence-corrected chi connectivity index (χ2v) is 30.6. The summed E-state index contributed by atoms with van der Waals surface area (Å²) in [7, 11) is 3.20. The van der Waals surface area contributed by atoms with Gasteiger partial charge in [-0.1, -0.05) is 156 Å². The zero-order chi connectivity index (χ0) is 79.3. The number of hydrogen-bond donors (Lipinski definition) is 11. The highest BCUT2D eigenvalue weighted by Crippen LogP contribution is 2.33. The van der Waals surface area contributed by atoms with E-state index in [1.807, 2.05) is 72.8 Å². The van der Waals surface area contributed by atoms with E-state index < -0.39 is 149 Å². The number of benzene rings is 6. The lowest BCUT2D eigenvalue weighted by Crippen LogP contribution is -2.60. The van der Waals surface area contributed by atoms with Crippen LogP contribution < -0.4 is 52.0 Å². The third-order valence-corrected chi connectivity index (χ3v) is 20.3. The lowest BCUT2D eigenvalue weighted by molar-refractivity contribution is -0.145. The van der Waals surface area contributed by atoms with Crippen LogP contribution in [0.4, 0.5) is 0 Å². The van der Waals surface area contributed by atoms with Gasteiger partial charge in [0.25, 0.3) is 0 Å². The van der Waals surface area contributed by atoms with E-state index in [1.165, 1.54) is 20.7 Å². The highest BCUT2D eigenvalue weighted by molar-refractivity contribution is 5.98. The van der Waals surface area contributed by atoms with Gasteiger partial charge in [0.15, 0.2) is 0 Å². The fourth-order valence-electron chi connectivity index (χ4n) is 13.6. The molecule has 8 amide bonds. The molecule has 6 aliphatic rings. The van der Waals surface area contributed by atoms with E-state index in [4.69, 9.17) is 20.0 Å². The maximum atomic E-state index is 15.3. The predicted molar refractivity (Wildman–Crippen MR) is 409 cm³/mol. The molecule has 30 heteroatoms. The van der Waals surface area contributed by atoms with Crippen LogP contribution in [0.15, 0.2) is 150 Å². The number of amides is 8. The lowest BCUT2D eigenvalue weighted by Gasteiger charge is -2.36. The van der Waals surface area contributed by atoms with Crippen molar-refractivity contribution >= 4 is 87.0 Å². The molecule has 13 rings (SSSR count). The molecular weight excluding hydrogens is 1410 g/mol. The van der Waals surface area contributed by atoms with Gasteiger partial charge in [0.05, 0.1) is 30.4 Å². The first-order valence-electron chi connectivity index (χ1n) is 36.8. The molecule has 7 aromatic rings. The molecule has 6 aromatic carbocycles. The molecule has 10 bridgehead atoms. The Balaban J connectivity index is 0.983. The van der Waals surface area contributed by atoms with Gasteiger partial charge >= 0.3 is 11.9 Å². The van der Waals surface area contributed by atoms with Crippen LogP contribution in [-0.2, 0) is 80.2 Å². The van der Waals surface area contributed by atoms with Crippen molar-refractivity contribution in [3.05, 3.63) is 168 Å². The molecular formula is C80H98N16O14. The number of nitrogens with one attached hydrogen (secondary N) is 9. The smallest absolute Gasteiger partial charge is 0.326 e. The van der Waals surface area contributed by atoms with E-state index in [9.17, 15) is 39.0 Å². The number of carboxylic acid groups (broad SMARTS) is 2. The third kappa shape index (κ3) is 20.6. The normalized spacial score (nSPS) is 22.5. The number of hydrogen-bond acceptors (Lipinski definition) is 19. The Morgan fingerprint density at radius 1 is 0.582 bits per heavy atom. The average molecular weight is 1510 g/mol. The van der Waals surface area contributed by atoms with E-state index in [-0.39, 0.29) is 70.6 Å². The number of aromatic nitrogens is 3. The van der Waals surface area contributed by atoms with Crippen LogP contribution in [0.3, 0.4) is 0 Å². The minimum atomic E-state index is -1.54. The van der Waals surface area contributed by atoms with Gasteiger partial charge in [-0.05, 0) is 107 Å². The number of likely N-dealkylation sites (N-methyl/N-ethyl adjacent to an activating group) is 2. The second kappa shape index (κ2) is 35.7. The number of rotatable bonds is 15. The molecule has 0 aliphatic carbocycles. The Hall–Kier alpha value is -11.5. The molecule has 110 heavy (non-hydrogen) atoms. The Morgan fingerprint density at radius 3 is 1.47 bits per heavy atom. The van der Waals surface area contributed by atoms with Crippen LogP contribution in [0.2, 0.25) is 0 Å². The van der Waals surface area contributed by atoms with Crippen molar-refractivity contribution in [2.75, 3.05) is 33.8 Å². The van der Waals surface area contributed by atoms with Crippen LogP contribution in [0.5, 0.6) is 11.5 Å². The van der Waals surface area contributed by atoms with Crippen LogP contribution in [-0.4, -0.2) is 207 Å². The first-order valence-corrected chi connectivity index (χ1v) is 36.8. The van der Waals surface area contributed by atoms with Gasteiger partial charge in [0.2, 0.25) is 47.3 Å². The quantitative estimate of drug-likeness (QED) is 0.0614. The Bertz CT molecular complexity index is 4560. The molecule has 13 unspecified atom stereocenters. The van der Waals surface area contributed by atoms with Gasteiger partial charge in [0.1, 0.15) is 84.8 Å². The fraction of sp³-hybridized carbons (Fsp3) is 0.438. The number of nitrogens with zero attached hydrogens (tertiary/aromatic N) is 7. The van der Waals surface area contributed by atoms with Crippen molar-refractivity contribution in [2.24, 2.45) is 20.9 Å². The summed E-state index contributed by atoms with van der Waals surface area (Å²) in [5.74, 6) is -7.46. The largest absolute Gasteiger partial charge is 0.491 e. The third-order valence-electron chi connectivity index (χ3n) is 20.3. The van der Waals surface area contributed by atoms with Crippen molar-refractivity contribution < 1.29 is 67.6 Å². The minimum Gasteiger partial charge on any atom is -0.491 e. The molecule has 11 N–H and O–H groups in total. The molecule has 0 spiro atoms. The molecule has 30 nitrogen and oxygen atoms in total. The Morgan fingerprint density at radius 2 is 1.03 bits per heavy atom. The molecule has 13 atom stereocenters. The van der Waals surface area contributed by atoms with Crippen LogP contribution >= 0.6 is 0 Å². The van der Waals surface area contributed by atoms with Crippen LogP contribution in [0.25, 0.3) is 21.5 Å². The lowest BCUT2D eigenvalue weighted by atomic mass is 9.85. The van der Waals surface area contributed by atoms with E-state index in [2.05, 4.69) is 58.0 Å². The van der Waals surface area contributed by atoms with Gasteiger partial charge in [-0.2, -0.15) is 5.11 Å². The summed E-state index contributed by atoms with van der Waals surface area (Å²) >= 11 is 0. The summed E-state index contributed by atoms with van der Waals surface area (Å²) in [5, 5.41) is 60.2. The zero-order valence-corrected chi connectivity index (χ0v) is 63.4. The first-order chi connectivity index (χ1) is 52.4. The number of likely N-dealkylation sites (tertiary alicyclic amines) is 2. The summed E-state index contributed by atoms with van der Waals surface area (Å²) in [4.78, 5) is 152. The van der Waals surface area contributed by atoms with E-state index >= 15 is 19.2 Å². The van der Waals surface area contributed by atoms with E-state index in [0.29, 0.717) is 33.7 Å². The van der Waals surface area contributed by atoms with Crippen molar-refractivity contribution in [1.82, 2.24) is 67.3 Å². The number of carbonyl (C=O) groups is 10. The summed E-state index contributed by atoms with van der Waals surface area (Å²) in [6.07, 6.45) is 2.15. The maximum absolute atomic E-state index is 15.3. The van der Waals surface area contributed by atoms with Crippen LogP contribution in [0.1, 0.15) is 102 Å². The SMILES string of the molecule is CNC(C)C(=O)NC(C(=O)N1CC2CC1C(=O)NC(Cc1ccc3ccccc3c1)C(=O)NC(C(=O)O)Cc1ccc(cc1)OCc1cn(nn1)C1CC(C(=O)NC(Cc3ccc4ccccc4c3)C(=O)NC(C(=O)O)Cc3ccc(cc3)OCC(N=N)C=N2)N(C(=O)C(NC(=O)C(C)NC)C(C)(C)C)C1)C(C)(C)C. The summed E-state index contributed by atoms with van der Waals surface area (Å²) in [6, 6.07) is 24.3. The van der Waals surface area contributed by atoms with Gasteiger partial charge in [-0.15, -0.1) is 5.10 Å². The number of carboxylic acids is 2. The summed E-state index contributed by atoms with van der Waals surface area (Å²) in [5.41, 5.74) is 8.89. The molecule has 6 aliphatic heterocycles. The van der Waals surface area contributed by atoms with Crippen molar-refractivity contribution in [1.29, 1.82) is 5.53 Å². The Labute approximate surface area is 637 Å². The minimum absolute atomic E-state index is 0.0494. The number of carbonyl (C=O) groups excluding carboxylic acids is 8. The zero-order valence-electron chi connectivity index (χ0n) is 63.4. The van der Waals surface area contributed by atoms with Gasteiger partial charge in [-0.3, -0.25) is 43.3 Å². The molecule has 2 fully saturated rings. The number of aliphatic imine (C=N–C) groups is 1. The van der Waals surface area contributed by atoms with E-state index in [0.717, 1.165) is 21.5 Å². The highest BCUT2D eigenvalue weighted by Gasteiger charge is 2.49. The Kier molecular flexibility index (Phi) is 26.3.